The molecule has 0 aliphatic carbocycles. The van der Waals surface area contributed by atoms with Gasteiger partial charge in [-0.2, -0.15) is 0 Å². The summed E-state index contributed by atoms with van der Waals surface area (Å²) in [7, 11) is -2.57. The molecule has 1 heterocycles. The van der Waals surface area contributed by atoms with Gasteiger partial charge in [0.2, 0.25) is 0 Å². The third-order valence-electron chi connectivity index (χ3n) is 1.82. The van der Waals surface area contributed by atoms with Gasteiger partial charge in [-0.3, -0.25) is 0 Å². The molecule has 1 atom stereocenters. The molecule has 0 spiro atoms. The van der Waals surface area contributed by atoms with Gasteiger partial charge in [0.1, 0.15) is 15.6 Å². The van der Waals surface area contributed by atoms with Crippen LogP contribution in [0.25, 0.3) is 0 Å². The van der Waals surface area contributed by atoms with Gasteiger partial charge in [0.25, 0.3) is 0 Å². The molecule has 0 aromatic heterocycles. The Morgan fingerprint density at radius 1 is 1.46 bits per heavy atom. The Balaban J connectivity index is 2.61. The van der Waals surface area contributed by atoms with Gasteiger partial charge in [-0.05, 0) is 18.0 Å². The molecule has 0 saturated heterocycles. The van der Waals surface area contributed by atoms with Crippen LogP contribution in [0.5, 0.6) is 5.75 Å². The molecule has 4 heteroatoms. The van der Waals surface area contributed by atoms with E-state index in [1.807, 2.05) is 6.07 Å². The monoisotopic (exact) mass is 195 g/mol. The predicted octanol–water partition coefficient (Wildman–Crippen LogP) is 1.08. The van der Waals surface area contributed by atoms with Crippen molar-refractivity contribution in [3.05, 3.63) is 29.8 Å². The highest BCUT2D eigenvalue weighted by Crippen LogP contribution is 2.25. The second-order valence-corrected chi connectivity index (χ2v) is 4.89. The highest BCUT2D eigenvalue weighted by atomic mass is 32.2. The van der Waals surface area contributed by atoms with Crippen LogP contribution >= 0.6 is 0 Å². The van der Waals surface area contributed by atoms with E-state index in [1.165, 1.54) is 0 Å². The summed E-state index contributed by atoms with van der Waals surface area (Å²) in [6.45, 7) is 0. The minimum atomic E-state index is -2.57. The summed E-state index contributed by atoms with van der Waals surface area (Å²) in [6.07, 6.45) is 0. The summed E-state index contributed by atoms with van der Waals surface area (Å²) in [4.78, 5) is 0. The average Bonchev–Trinajstić information content (AvgIpc) is 2.02. The lowest BCUT2D eigenvalue weighted by molar-refractivity contribution is 0.557. The maximum absolute atomic E-state index is 11.5. The van der Waals surface area contributed by atoms with Gasteiger partial charge in [0, 0.05) is 5.56 Å². The van der Waals surface area contributed by atoms with Crippen LogP contribution < -0.4 is 4.18 Å². The molecular formula is C9H9NO2S. The molecule has 2 rings (SSSR count). The van der Waals surface area contributed by atoms with E-state index in [0.717, 1.165) is 0 Å². The van der Waals surface area contributed by atoms with Crippen molar-refractivity contribution in [2.24, 2.45) is 0 Å². The van der Waals surface area contributed by atoms with E-state index in [2.05, 4.69) is 5.87 Å². The van der Waals surface area contributed by atoms with E-state index in [4.69, 9.17) is 9.59 Å². The number of rotatable bonds is 0. The van der Waals surface area contributed by atoms with Crippen molar-refractivity contribution in [3.8, 4) is 5.75 Å². The fourth-order valence-electron chi connectivity index (χ4n) is 1.28. The topological polar surface area (TPSA) is 50.2 Å². The molecule has 1 aliphatic rings. The van der Waals surface area contributed by atoms with Crippen LogP contribution in [-0.2, 0) is 9.80 Å². The predicted molar refractivity (Wildman–Crippen MR) is 54.0 cm³/mol. The van der Waals surface area contributed by atoms with E-state index in [0.29, 0.717) is 17.0 Å². The van der Waals surface area contributed by atoms with Crippen LogP contribution in [-0.4, -0.2) is 21.5 Å². The molecule has 0 fully saturated rings. The summed E-state index contributed by atoms with van der Waals surface area (Å²) in [5.41, 5.74) is 1.05. The summed E-state index contributed by atoms with van der Waals surface area (Å²) >= 11 is 0. The maximum atomic E-state index is 11.5. The molecule has 0 radical (unpaired) electrons. The van der Waals surface area contributed by atoms with E-state index in [1.54, 1.807) is 18.2 Å². The Labute approximate surface area is 77.1 Å². The van der Waals surface area contributed by atoms with E-state index >= 15 is 0 Å². The largest absolute Gasteiger partial charge is 0.408 e. The third-order valence-corrected chi connectivity index (χ3v) is 3.03. The Morgan fingerprint density at radius 3 is 2.92 bits per heavy atom. The third kappa shape index (κ3) is 1.45. The van der Waals surface area contributed by atoms with Gasteiger partial charge in [-0.15, -0.1) is 0 Å². The summed E-state index contributed by atoms with van der Waals surface area (Å²) in [5, 5.41) is 7.63. The first-order chi connectivity index (χ1) is 6.08. The van der Waals surface area contributed by atoms with Gasteiger partial charge in [0.05, 0.1) is 11.5 Å². The number of para-hydroxylation sites is 1. The number of nitrogens with one attached hydrogen (secondary N) is 1. The fourth-order valence-corrected chi connectivity index (χ4v) is 2.41. The van der Waals surface area contributed by atoms with Crippen LogP contribution in [0.15, 0.2) is 24.3 Å². The number of hydrogen-bond donors (Lipinski definition) is 1. The Morgan fingerprint density at radius 2 is 2.15 bits per heavy atom. The second kappa shape index (κ2) is 2.60. The van der Waals surface area contributed by atoms with Crippen molar-refractivity contribution in [3.63, 3.8) is 0 Å². The van der Waals surface area contributed by atoms with E-state index < -0.39 is 9.80 Å². The standard InChI is InChI=1S/C9H9NO2S/c1-13(11)6-8(10)7-4-2-3-5-9(7)12-13/h2-5,10H,1,6H2. The number of hydrogen-bond acceptors (Lipinski definition) is 3. The molecule has 0 saturated carbocycles. The van der Waals surface area contributed by atoms with E-state index in [9.17, 15) is 4.21 Å². The smallest absolute Gasteiger partial charge is 0.148 e. The van der Waals surface area contributed by atoms with Crippen LogP contribution in [0.1, 0.15) is 5.56 Å². The Bertz CT molecular complexity index is 462. The molecule has 1 unspecified atom stereocenters. The molecule has 1 aliphatic heterocycles. The summed E-state index contributed by atoms with van der Waals surface area (Å²) < 4.78 is 16.7. The molecule has 1 N–H and O–H groups in total. The molecule has 68 valence electrons. The Hall–Kier alpha value is -1.29. The SMILES string of the molecule is C=S1(=O)CC(=N)c2ccccc2O1. The molecule has 0 amide bonds. The maximum Gasteiger partial charge on any atom is 0.148 e. The highest BCUT2D eigenvalue weighted by Gasteiger charge is 2.21. The van der Waals surface area contributed by atoms with Crippen molar-refractivity contribution >= 4 is 21.4 Å². The molecule has 0 bridgehead atoms. The molecule has 1 aromatic rings. The molecule has 3 nitrogen and oxygen atoms in total. The second-order valence-electron chi connectivity index (χ2n) is 2.95. The molecule has 13 heavy (non-hydrogen) atoms. The summed E-state index contributed by atoms with van der Waals surface area (Å²) in [6, 6.07) is 7.10. The first-order valence-electron chi connectivity index (χ1n) is 3.80. The van der Waals surface area contributed by atoms with Crippen LogP contribution in [0, 0.1) is 5.41 Å². The summed E-state index contributed by atoms with van der Waals surface area (Å²) in [5.74, 6) is 4.04. The minimum Gasteiger partial charge on any atom is -0.408 e. The quantitative estimate of drug-likeness (QED) is 0.630. The van der Waals surface area contributed by atoms with Crippen molar-refractivity contribution in [1.29, 1.82) is 5.41 Å². The van der Waals surface area contributed by atoms with Gasteiger partial charge < -0.3 is 9.59 Å². The zero-order chi connectivity index (χ0) is 9.47. The van der Waals surface area contributed by atoms with Gasteiger partial charge in [0.15, 0.2) is 0 Å². The van der Waals surface area contributed by atoms with Crippen LogP contribution in [0.3, 0.4) is 0 Å². The fraction of sp³-hybridized carbons (Fsp3) is 0.111. The lowest BCUT2D eigenvalue weighted by atomic mass is 10.1. The van der Waals surface area contributed by atoms with Crippen molar-refractivity contribution in [1.82, 2.24) is 0 Å². The van der Waals surface area contributed by atoms with Gasteiger partial charge in [-0.1, -0.05) is 12.1 Å². The zero-order valence-electron chi connectivity index (χ0n) is 6.95. The van der Waals surface area contributed by atoms with Crippen molar-refractivity contribution in [2.75, 3.05) is 5.75 Å². The lowest BCUT2D eigenvalue weighted by Gasteiger charge is -2.20. The first-order valence-corrected chi connectivity index (χ1v) is 5.62. The Kier molecular flexibility index (Phi) is 1.66. The van der Waals surface area contributed by atoms with Gasteiger partial charge >= 0.3 is 0 Å². The van der Waals surface area contributed by atoms with Gasteiger partial charge in [-0.25, -0.2) is 4.21 Å². The number of benzene rings is 1. The molecular weight excluding hydrogens is 186 g/mol. The highest BCUT2D eigenvalue weighted by molar-refractivity contribution is 7.97. The van der Waals surface area contributed by atoms with Crippen molar-refractivity contribution < 1.29 is 8.39 Å². The van der Waals surface area contributed by atoms with Crippen LogP contribution in [0.2, 0.25) is 0 Å². The van der Waals surface area contributed by atoms with Crippen molar-refractivity contribution in [2.45, 2.75) is 0 Å². The molecule has 1 aromatic carbocycles. The average molecular weight is 195 g/mol. The van der Waals surface area contributed by atoms with E-state index in [-0.39, 0.29) is 5.75 Å². The zero-order valence-corrected chi connectivity index (χ0v) is 7.76. The number of fused-ring (bicyclic) bond motifs is 1. The minimum absolute atomic E-state index is 0.101. The normalized spacial score (nSPS) is 26.3. The lowest BCUT2D eigenvalue weighted by Crippen LogP contribution is -2.26. The first kappa shape index (κ1) is 8.31. The van der Waals surface area contributed by atoms with Crippen LogP contribution in [0.4, 0.5) is 0 Å².